The van der Waals surface area contributed by atoms with Gasteiger partial charge in [-0.2, -0.15) is 0 Å². The Balaban J connectivity index is 2.25. The fourth-order valence-corrected chi connectivity index (χ4v) is 2.86. The van der Waals surface area contributed by atoms with E-state index in [2.05, 4.69) is 64.0 Å². The van der Waals surface area contributed by atoms with Crippen LogP contribution in [0.15, 0.2) is 51.4 Å². The quantitative estimate of drug-likeness (QED) is 0.669. The first kappa shape index (κ1) is 16.2. The average Bonchev–Trinajstić information content (AvgIpc) is 2.40. The van der Waals surface area contributed by atoms with Crippen molar-refractivity contribution in [3.05, 3.63) is 62.5 Å². The van der Waals surface area contributed by atoms with E-state index in [4.69, 9.17) is 0 Å². The lowest BCUT2D eigenvalue weighted by atomic mass is 9.87. The van der Waals surface area contributed by atoms with Crippen molar-refractivity contribution in [1.29, 1.82) is 0 Å². The van der Waals surface area contributed by atoms with E-state index in [1.807, 2.05) is 30.3 Å². The highest BCUT2D eigenvalue weighted by atomic mass is 79.9. The van der Waals surface area contributed by atoms with E-state index in [0.29, 0.717) is 5.56 Å². The molecule has 2 nitrogen and oxygen atoms in total. The molecule has 2 aromatic rings. The molecule has 0 aromatic heterocycles. The average molecular weight is 411 g/mol. The third-order valence-electron chi connectivity index (χ3n) is 3.20. The summed E-state index contributed by atoms with van der Waals surface area (Å²) in [6.45, 7) is 6.48. The Labute approximate surface area is 142 Å². The van der Waals surface area contributed by atoms with Gasteiger partial charge in [-0.1, -0.05) is 39.0 Å². The first-order valence-electron chi connectivity index (χ1n) is 6.65. The second-order valence-electron chi connectivity index (χ2n) is 5.88. The van der Waals surface area contributed by atoms with Crippen LogP contribution in [0, 0.1) is 0 Å². The summed E-state index contributed by atoms with van der Waals surface area (Å²) in [4.78, 5) is 12.3. The number of nitrogens with one attached hydrogen (secondary N) is 1. The van der Waals surface area contributed by atoms with Crippen LogP contribution in [0.4, 0.5) is 5.69 Å². The molecule has 1 N–H and O–H groups in total. The maximum atomic E-state index is 12.3. The number of carbonyl (C=O) groups excluding carboxylic acids is 1. The van der Waals surface area contributed by atoms with Gasteiger partial charge in [0.2, 0.25) is 0 Å². The van der Waals surface area contributed by atoms with E-state index in [1.165, 1.54) is 5.56 Å². The van der Waals surface area contributed by atoms with Crippen LogP contribution in [0.5, 0.6) is 0 Å². The molecule has 1 amide bonds. The van der Waals surface area contributed by atoms with Gasteiger partial charge in [0.05, 0.1) is 11.3 Å². The molecule has 110 valence electrons. The molecule has 4 heteroatoms. The van der Waals surface area contributed by atoms with Crippen LogP contribution < -0.4 is 5.32 Å². The molecule has 2 rings (SSSR count). The molecule has 21 heavy (non-hydrogen) atoms. The van der Waals surface area contributed by atoms with Gasteiger partial charge in [0.25, 0.3) is 5.91 Å². The highest BCUT2D eigenvalue weighted by molar-refractivity contribution is 9.11. The maximum Gasteiger partial charge on any atom is 0.256 e. The van der Waals surface area contributed by atoms with Gasteiger partial charge in [0, 0.05) is 8.95 Å². The van der Waals surface area contributed by atoms with Crippen molar-refractivity contribution >= 4 is 43.5 Å². The monoisotopic (exact) mass is 409 g/mol. The molecule has 0 atom stereocenters. The summed E-state index contributed by atoms with van der Waals surface area (Å²) in [5.74, 6) is -0.133. The van der Waals surface area contributed by atoms with Gasteiger partial charge < -0.3 is 5.32 Å². The largest absolute Gasteiger partial charge is 0.321 e. The predicted octanol–water partition coefficient (Wildman–Crippen LogP) is 5.76. The molecular formula is C17H17Br2NO. The molecular weight excluding hydrogens is 394 g/mol. The van der Waals surface area contributed by atoms with E-state index in [0.717, 1.165) is 14.6 Å². The molecule has 0 bridgehead atoms. The van der Waals surface area contributed by atoms with Crippen LogP contribution in [0.3, 0.4) is 0 Å². The SMILES string of the molecule is CC(C)(C)c1ccc(NC(=O)c2ccccc2Br)c(Br)c1. The number of amides is 1. The standard InChI is InChI=1S/C17H17Br2NO/c1-17(2,3)11-8-9-15(14(19)10-11)20-16(21)12-6-4-5-7-13(12)18/h4-10H,1-3H3,(H,20,21). The first-order valence-corrected chi connectivity index (χ1v) is 8.23. The summed E-state index contributed by atoms with van der Waals surface area (Å²) in [6, 6.07) is 13.4. The number of hydrogen-bond donors (Lipinski definition) is 1. The summed E-state index contributed by atoms with van der Waals surface area (Å²) in [5.41, 5.74) is 2.68. The molecule has 0 heterocycles. The number of anilines is 1. The van der Waals surface area contributed by atoms with Crippen molar-refractivity contribution < 1.29 is 4.79 Å². The Kier molecular flexibility index (Phi) is 4.89. The van der Waals surface area contributed by atoms with Crippen molar-refractivity contribution in [3.8, 4) is 0 Å². The summed E-state index contributed by atoms with van der Waals surface area (Å²) in [5, 5.41) is 2.93. The van der Waals surface area contributed by atoms with Crippen LogP contribution in [0.2, 0.25) is 0 Å². The minimum atomic E-state index is -0.133. The van der Waals surface area contributed by atoms with E-state index in [9.17, 15) is 4.79 Å². The van der Waals surface area contributed by atoms with Crippen LogP contribution in [-0.2, 0) is 5.41 Å². The van der Waals surface area contributed by atoms with Gasteiger partial charge in [-0.3, -0.25) is 4.79 Å². The van der Waals surface area contributed by atoms with Gasteiger partial charge in [-0.15, -0.1) is 0 Å². The summed E-state index contributed by atoms with van der Waals surface area (Å²) in [6.07, 6.45) is 0. The zero-order valence-corrected chi connectivity index (χ0v) is 15.4. The lowest BCUT2D eigenvalue weighted by molar-refractivity contribution is 0.102. The molecule has 0 aliphatic carbocycles. The van der Waals surface area contributed by atoms with Crippen molar-refractivity contribution in [3.63, 3.8) is 0 Å². The molecule has 0 radical (unpaired) electrons. The molecule has 0 unspecified atom stereocenters. The second-order valence-corrected chi connectivity index (χ2v) is 7.59. The van der Waals surface area contributed by atoms with Crippen molar-refractivity contribution in [2.75, 3.05) is 5.32 Å². The summed E-state index contributed by atoms with van der Waals surface area (Å²) in [7, 11) is 0. The van der Waals surface area contributed by atoms with Crippen LogP contribution in [0.25, 0.3) is 0 Å². The zero-order chi connectivity index (χ0) is 15.6. The lowest BCUT2D eigenvalue weighted by Crippen LogP contribution is -2.14. The maximum absolute atomic E-state index is 12.3. The number of rotatable bonds is 2. The second kappa shape index (κ2) is 6.32. The number of halogens is 2. The Morgan fingerprint density at radius 1 is 1.00 bits per heavy atom. The van der Waals surface area contributed by atoms with E-state index in [-0.39, 0.29) is 11.3 Å². The van der Waals surface area contributed by atoms with Crippen LogP contribution in [0.1, 0.15) is 36.7 Å². The number of hydrogen-bond acceptors (Lipinski definition) is 1. The zero-order valence-electron chi connectivity index (χ0n) is 12.2. The summed E-state index contributed by atoms with van der Waals surface area (Å²) < 4.78 is 1.67. The van der Waals surface area contributed by atoms with Gasteiger partial charge >= 0.3 is 0 Å². The van der Waals surface area contributed by atoms with E-state index >= 15 is 0 Å². The van der Waals surface area contributed by atoms with E-state index < -0.39 is 0 Å². The minimum Gasteiger partial charge on any atom is -0.321 e. The first-order chi connectivity index (χ1) is 9.79. The molecule has 0 saturated heterocycles. The Morgan fingerprint density at radius 3 is 2.24 bits per heavy atom. The molecule has 0 fully saturated rings. The van der Waals surface area contributed by atoms with Crippen LogP contribution >= 0.6 is 31.9 Å². The van der Waals surface area contributed by atoms with Crippen molar-refractivity contribution in [2.45, 2.75) is 26.2 Å². The van der Waals surface area contributed by atoms with Gasteiger partial charge in [-0.25, -0.2) is 0 Å². The van der Waals surface area contributed by atoms with Crippen LogP contribution in [-0.4, -0.2) is 5.91 Å². The van der Waals surface area contributed by atoms with E-state index in [1.54, 1.807) is 6.07 Å². The third kappa shape index (κ3) is 3.95. The topological polar surface area (TPSA) is 29.1 Å². The predicted molar refractivity (Wildman–Crippen MR) is 94.9 cm³/mol. The molecule has 0 aliphatic rings. The normalized spacial score (nSPS) is 11.3. The molecule has 0 aliphatic heterocycles. The molecule has 0 spiro atoms. The van der Waals surface area contributed by atoms with Gasteiger partial charge in [-0.05, 0) is 67.1 Å². The Bertz CT molecular complexity index is 675. The lowest BCUT2D eigenvalue weighted by Gasteiger charge is -2.20. The fraction of sp³-hybridized carbons (Fsp3) is 0.235. The van der Waals surface area contributed by atoms with Gasteiger partial charge in [0.15, 0.2) is 0 Å². The highest BCUT2D eigenvalue weighted by Crippen LogP contribution is 2.30. The fourth-order valence-electron chi connectivity index (χ4n) is 1.92. The Morgan fingerprint density at radius 2 is 1.67 bits per heavy atom. The van der Waals surface area contributed by atoms with Crippen molar-refractivity contribution in [2.24, 2.45) is 0 Å². The third-order valence-corrected chi connectivity index (χ3v) is 4.55. The van der Waals surface area contributed by atoms with Gasteiger partial charge in [0.1, 0.15) is 0 Å². The van der Waals surface area contributed by atoms with Crippen molar-refractivity contribution in [1.82, 2.24) is 0 Å². The molecule has 0 saturated carbocycles. The smallest absolute Gasteiger partial charge is 0.256 e. The number of benzene rings is 2. The Hall–Kier alpha value is -1.13. The highest BCUT2D eigenvalue weighted by Gasteiger charge is 2.16. The minimum absolute atomic E-state index is 0.0769. The molecule has 2 aromatic carbocycles. The summed E-state index contributed by atoms with van der Waals surface area (Å²) >= 11 is 6.93. The number of carbonyl (C=O) groups is 1.